The molecule has 0 saturated carbocycles. The first kappa shape index (κ1) is 15.2. The molecule has 3 heteroatoms. The van der Waals surface area contributed by atoms with E-state index in [0.717, 1.165) is 6.54 Å². The normalized spacial score (nSPS) is 21.2. The molecule has 0 heterocycles. The Morgan fingerprint density at radius 3 is 2.61 bits per heavy atom. The molecule has 1 atom stereocenters. The molecule has 0 aromatic heterocycles. The van der Waals surface area contributed by atoms with Gasteiger partial charge in [-0.15, -0.1) is 0 Å². The molecule has 2 N–H and O–H groups in total. The number of amides is 1. The Labute approximate surface area is 111 Å². The van der Waals surface area contributed by atoms with E-state index in [2.05, 4.69) is 39.6 Å². The fourth-order valence-electron chi connectivity index (χ4n) is 2.88. The van der Waals surface area contributed by atoms with E-state index in [-0.39, 0.29) is 11.9 Å². The fraction of sp³-hybridized carbons (Fsp3) is 0.800. The van der Waals surface area contributed by atoms with Crippen molar-refractivity contribution in [1.82, 2.24) is 4.90 Å². The minimum Gasteiger partial charge on any atom is -0.370 e. The lowest BCUT2D eigenvalue weighted by Gasteiger charge is -2.38. The van der Waals surface area contributed by atoms with Gasteiger partial charge in [0.25, 0.3) is 0 Å². The van der Waals surface area contributed by atoms with Gasteiger partial charge in [0, 0.05) is 19.0 Å². The van der Waals surface area contributed by atoms with Crippen molar-refractivity contribution in [3.05, 3.63) is 11.1 Å². The third-order valence-electron chi connectivity index (χ3n) is 4.34. The molecule has 1 rings (SSSR count). The van der Waals surface area contributed by atoms with Gasteiger partial charge in [0.05, 0.1) is 0 Å². The van der Waals surface area contributed by atoms with E-state index in [1.165, 1.54) is 24.8 Å². The van der Waals surface area contributed by atoms with Gasteiger partial charge in [-0.25, -0.2) is 0 Å². The smallest absolute Gasteiger partial charge is 0.218 e. The zero-order valence-corrected chi connectivity index (χ0v) is 12.5. The zero-order chi connectivity index (χ0) is 13.9. The van der Waals surface area contributed by atoms with Gasteiger partial charge in [-0.3, -0.25) is 9.69 Å². The molecule has 0 aromatic carbocycles. The van der Waals surface area contributed by atoms with Gasteiger partial charge >= 0.3 is 0 Å². The maximum Gasteiger partial charge on any atom is 0.218 e. The summed E-state index contributed by atoms with van der Waals surface area (Å²) in [5.74, 6) is -0.219. The van der Waals surface area contributed by atoms with E-state index in [0.29, 0.717) is 11.8 Å². The molecule has 18 heavy (non-hydrogen) atoms. The van der Waals surface area contributed by atoms with Crippen molar-refractivity contribution >= 4 is 5.91 Å². The third-order valence-corrected chi connectivity index (χ3v) is 4.34. The van der Waals surface area contributed by atoms with E-state index < -0.39 is 0 Å². The van der Waals surface area contributed by atoms with Crippen molar-refractivity contribution in [3.63, 3.8) is 0 Å². The number of rotatable bonds is 5. The van der Waals surface area contributed by atoms with Crippen molar-refractivity contribution in [1.29, 1.82) is 0 Å². The summed E-state index contributed by atoms with van der Waals surface area (Å²) in [6.07, 6.45) is 4.21. The van der Waals surface area contributed by atoms with Crippen LogP contribution in [0.5, 0.6) is 0 Å². The molecule has 1 amide bonds. The molecule has 0 saturated heterocycles. The van der Waals surface area contributed by atoms with Crippen LogP contribution in [0.4, 0.5) is 0 Å². The van der Waals surface area contributed by atoms with Crippen LogP contribution in [0.15, 0.2) is 11.1 Å². The van der Waals surface area contributed by atoms with Crippen LogP contribution >= 0.6 is 0 Å². The molecule has 0 bridgehead atoms. The van der Waals surface area contributed by atoms with Crippen LogP contribution < -0.4 is 5.73 Å². The van der Waals surface area contributed by atoms with Gasteiger partial charge in [-0.05, 0) is 45.6 Å². The molecule has 0 spiro atoms. The maximum atomic E-state index is 11.0. The highest BCUT2D eigenvalue weighted by atomic mass is 16.1. The Hall–Kier alpha value is -0.830. The molecule has 104 valence electrons. The fourth-order valence-corrected chi connectivity index (χ4v) is 2.88. The Bertz CT molecular complexity index is 344. The SMILES string of the molecule is CC1=C(CN(C)C(C)CC(N)=O)C(C)(C)CCC1. The van der Waals surface area contributed by atoms with Crippen LogP contribution in [-0.2, 0) is 4.79 Å². The molecular weight excluding hydrogens is 224 g/mol. The highest BCUT2D eigenvalue weighted by Crippen LogP contribution is 2.40. The number of hydrogen-bond donors (Lipinski definition) is 1. The largest absolute Gasteiger partial charge is 0.370 e. The molecule has 1 aliphatic rings. The zero-order valence-electron chi connectivity index (χ0n) is 12.5. The average Bonchev–Trinajstić information content (AvgIpc) is 2.22. The predicted molar refractivity (Wildman–Crippen MR) is 76.2 cm³/mol. The van der Waals surface area contributed by atoms with Crippen molar-refractivity contribution < 1.29 is 4.79 Å². The first-order chi connectivity index (χ1) is 8.24. The second kappa shape index (κ2) is 5.87. The van der Waals surface area contributed by atoms with Gasteiger partial charge < -0.3 is 5.73 Å². The first-order valence-electron chi connectivity index (χ1n) is 6.91. The topological polar surface area (TPSA) is 46.3 Å². The average molecular weight is 252 g/mol. The number of carbonyl (C=O) groups excluding carboxylic acids is 1. The second-order valence-corrected chi connectivity index (χ2v) is 6.43. The lowest BCUT2D eigenvalue weighted by molar-refractivity contribution is -0.119. The summed E-state index contributed by atoms with van der Waals surface area (Å²) in [4.78, 5) is 13.2. The molecule has 0 aromatic rings. The van der Waals surface area contributed by atoms with Gasteiger partial charge in [0.15, 0.2) is 0 Å². The van der Waals surface area contributed by atoms with Gasteiger partial charge in [0.2, 0.25) is 5.91 Å². The summed E-state index contributed by atoms with van der Waals surface area (Å²) in [5.41, 5.74) is 8.64. The minimum atomic E-state index is -0.219. The first-order valence-corrected chi connectivity index (χ1v) is 6.91. The van der Waals surface area contributed by atoms with Gasteiger partial charge in [-0.1, -0.05) is 25.0 Å². The number of primary amides is 1. The number of carbonyl (C=O) groups is 1. The van der Waals surface area contributed by atoms with Crippen LogP contribution in [0, 0.1) is 5.41 Å². The summed E-state index contributed by atoms with van der Waals surface area (Å²) in [6, 6.07) is 0.209. The number of nitrogens with zero attached hydrogens (tertiary/aromatic N) is 1. The summed E-state index contributed by atoms with van der Waals surface area (Å²) < 4.78 is 0. The highest BCUT2D eigenvalue weighted by molar-refractivity contribution is 5.74. The van der Waals surface area contributed by atoms with Crippen molar-refractivity contribution in [2.45, 2.75) is 59.4 Å². The van der Waals surface area contributed by atoms with E-state index in [1.54, 1.807) is 5.57 Å². The molecule has 0 aliphatic heterocycles. The monoisotopic (exact) mass is 252 g/mol. The Morgan fingerprint density at radius 2 is 2.11 bits per heavy atom. The lowest BCUT2D eigenvalue weighted by Crippen LogP contribution is -2.37. The van der Waals surface area contributed by atoms with Crippen molar-refractivity contribution in [2.75, 3.05) is 13.6 Å². The molecule has 3 nitrogen and oxygen atoms in total. The predicted octanol–water partition coefficient (Wildman–Crippen LogP) is 2.71. The van der Waals surface area contributed by atoms with E-state index in [9.17, 15) is 4.79 Å². The van der Waals surface area contributed by atoms with E-state index in [1.807, 2.05) is 0 Å². The Morgan fingerprint density at radius 1 is 1.50 bits per heavy atom. The summed E-state index contributed by atoms with van der Waals surface area (Å²) in [6.45, 7) is 9.93. The number of allylic oxidation sites excluding steroid dienone is 1. The molecular formula is C15H28N2O. The van der Waals surface area contributed by atoms with E-state index >= 15 is 0 Å². The summed E-state index contributed by atoms with van der Waals surface area (Å²) in [5, 5.41) is 0. The summed E-state index contributed by atoms with van der Waals surface area (Å²) in [7, 11) is 2.08. The van der Waals surface area contributed by atoms with Gasteiger partial charge in [0.1, 0.15) is 0 Å². The van der Waals surface area contributed by atoms with Crippen LogP contribution in [-0.4, -0.2) is 30.4 Å². The second-order valence-electron chi connectivity index (χ2n) is 6.43. The van der Waals surface area contributed by atoms with Crippen LogP contribution in [0.2, 0.25) is 0 Å². The van der Waals surface area contributed by atoms with Crippen LogP contribution in [0.25, 0.3) is 0 Å². The van der Waals surface area contributed by atoms with Crippen molar-refractivity contribution in [3.8, 4) is 0 Å². The molecule has 0 radical (unpaired) electrons. The molecule has 0 fully saturated rings. The Kier molecular flexibility index (Phi) is 4.97. The summed E-state index contributed by atoms with van der Waals surface area (Å²) >= 11 is 0. The van der Waals surface area contributed by atoms with Crippen LogP contribution in [0.3, 0.4) is 0 Å². The molecule has 1 unspecified atom stereocenters. The minimum absolute atomic E-state index is 0.209. The number of likely N-dealkylation sites (N-methyl/N-ethyl adjacent to an activating group) is 1. The van der Waals surface area contributed by atoms with Crippen LogP contribution in [0.1, 0.15) is 53.4 Å². The quantitative estimate of drug-likeness (QED) is 0.765. The molecule has 1 aliphatic carbocycles. The standard InChI is InChI=1S/C15H28N2O/c1-11-7-6-8-15(3,4)13(11)10-17(5)12(2)9-14(16)18/h12H,6-10H2,1-5H3,(H2,16,18). The van der Waals surface area contributed by atoms with Crippen molar-refractivity contribution in [2.24, 2.45) is 11.1 Å². The van der Waals surface area contributed by atoms with E-state index in [4.69, 9.17) is 5.73 Å². The number of hydrogen-bond acceptors (Lipinski definition) is 2. The lowest BCUT2D eigenvalue weighted by atomic mass is 9.72. The number of nitrogens with two attached hydrogens (primary N) is 1. The maximum absolute atomic E-state index is 11.0. The third kappa shape index (κ3) is 3.84. The van der Waals surface area contributed by atoms with Gasteiger partial charge in [-0.2, -0.15) is 0 Å². The Balaban J connectivity index is 2.73. The highest BCUT2D eigenvalue weighted by Gasteiger charge is 2.29.